The normalized spacial score (nSPS) is 9.57. The first-order chi connectivity index (χ1) is 3.27. The van der Waals surface area contributed by atoms with E-state index in [1.165, 1.54) is 0 Å². The number of ether oxygens (including phenoxy) is 1. The third kappa shape index (κ3) is 5.63. The molecule has 0 aliphatic heterocycles. The maximum Gasteiger partial charge on any atom is 0.145 e. The monoisotopic (exact) mass is 102 g/mol. The van der Waals surface area contributed by atoms with E-state index in [1.807, 2.05) is 13.8 Å². The second-order valence-electron chi connectivity index (χ2n) is 1.55. The molecule has 0 aromatic heterocycles. The predicted octanol–water partition coefficient (Wildman–Crippen LogP) is 0.610. The van der Waals surface area contributed by atoms with E-state index in [0.717, 1.165) is 6.29 Å². The SMILES string of the molecule is CC(C)OCC=O. The smallest absolute Gasteiger partial charge is 0.145 e. The fraction of sp³-hybridized carbons (Fsp3) is 0.800. The Morgan fingerprint density at radius 3 is 2.43 bits per heavy atom. The largest absolute Gasteiger partial charge is 0.371 e. The highest BCUT2D eigenvalue weighted by molar-refractivity contribution is 5.50. The van der Waals surface area contributed by atoms with Crippen molar-refractivity contribution in [2.75, 3.05) is 6.61 Å². The van der Waals surface area contributed by atoms with Crippen LogP contribution in [0.15, 0.2) is 0 Å². The van der Waals surface area contributed by atoms with Crippen LogP contribution in [0.5, 0.6) is 0 Å². The fourth-order valence-electron chi connectivity index (χ4n) is 0.232. The molecule has 0 bridgehead atoms. The summed E-state index contributed by atoms with van der Waals surface area (Å²) in [6.45, 7) is 4.00. The highest BCUT2D eigenvalue weighted by Crippen LogP contribution is 1.82. The molecule has 0 unspecified atom stereocenters. The first-order valence-corrected chi connectivity index (χ1v) is 2.32. The Labute approximate surface area is 43.5 Å². The molecule has 0 N–H and O–H groups in total. The molecule has 7 heavy (non-hydrogen) atoms. The summed E-state index contributed by atoms with van der Waals surface area (Å²) < 4.78 is 4.82. The van der Waals surface area contributed by atoms with Crippen LogP contribution in [0.4, 0.5) is 0 Å². The van der Waals surface area contributed by atoms with Crippen molar-refractivity contribution < 1.29 is 9.53 Å². The molecule has 2 heteroatoms. The van der Waals surface area contributed by atoms with Crippen molar-refractivity contribution in [1.29, 1.82) is 0 Å². The van der Waals surface area contributed by atoms with Crippen molar-refractivity contribution in [2.45, 2.75) is 20.0 Å². The Balaban J connectivity index is 2.81. The Morgan fingerprint density at radius 2 is 2.29 bits per heavy atom. The summed E-state index contributed by atoms with van der Waals surface area (Å²) in [5.74, 6) is 0. The average molecular weight is 102 g/mol. The van der Waals surface area contributed by atoms with Crippen LogP contribution in [0.1, 0.15) is 13.8 Å². The second kappa shape index (κ2) is 3.81. The maximum atomic E-state index is 9.58. The van der Waals surface area contributed by atoms with E-state index >= 15 is 0 Å². The standard InChI is InChI=1S/C5H10O2/c1-5(2)7-4-3-6/h3,5H,4H2,1-2H3. The van der Waals surface area contributed by atoms with Gasteiger partial charge in [0.25, 0.3) is 0 Å². The van der Waals surface area contributed by atoms with E-state index in [2.05, 4.69) is 0 Å². The van der Waals surface area contributed by atoms with Crippen molar-refractivity contribution in [1.82, 2.24) is 0 Å². The van der Waals surface area contributed by atoms with Crippen molar-refractivity contribution >= 4 is 6.29 Å². The Kier molecular flexibility index (Phi) is 3.61. The quantitative estimate of drug-likeness (QED) is 0.488. The Bertz CT molecular complexity index is 50.0. The zero-order chi connectivity index (χ0) is 5.70. The van der Waals surface area contributed by atoms with Gasteiger partial charge >= 0.3 is 0 Å². The number of hydrogen-bond donors (Lipinski definition) is 0. The molecule has 0 saturated heterocycles. The van der Waals surface area contributed by atoms with E-state index in [9.17, 15) is 4.79 Å². The van der Waals surface area contributed by atoms with Crippen LogP contribution in [0.2, 0.25) is 0 Å². The molecule has 0 spiro atoms. The van der Waals surface area contributed by atoms with Crippen molar-refractivity contribution in [3.8, 4) is 0 Å². The Hall–Kier alpha value is -0.370. The summed E-state index contributed by atoms with van der Waals surface area (Å²) in [7, 11) is 0. The van der Waals surface area contributed by atoms with Gasteiger partial charge in [-0.25, -0.2) is 0 Å². The number of rotatable bonds is 3. The summed E-state index contributed by atoms with van der Waals surface area (Å²) in [5, 5.41) is 0. The molecule has 0 aromatic rings. The molecular weight excluding hydrogens is 92.1 g/mol. The molecule has 42 valence electrons. The van der Waals surface area contributed by atoms with Crippen LogP contribution in [0.25, 0.3) is 0 Å². The minimum absolute atomic E-state index is 0.171. The Morgan fingerprint density at radius 1 is 1.71 bits per heavy atom. The van der Waals surface area contributed by atoms with Crippen LogP contribution < -0.4 is 0 Å². The van der Waals surface area contributed by atoms with Gasteiger partial charge in [0.05, 0.1) is 6.10 Å². The summed E-state index contributed by atoms with van der Waals surface area (Å²) in [6.07, 6.45) is 0.921. The lowest BCUT2D eigenvalue weighted by atomic mass is 10.5. The van der Waals surface area contributed by atoms with Gasteiger partial charge in [0.2, 0.25) is 0 Å². The fourth-order valence-corrected chi connectivity index (χ4v) is 0.232. The lowest BCUT2D eigenvalue weighted by Gasteiger charge is -1.99. The van der Waals surface area contributed by atoms with E-state index in [-0.39, 0.29) is 12.7 Å². The molecule has 0 aliphatic carbocycles. The summed E-state index contributed by atoms with van der Waals surface area (Å²) in [5.41, 5.74) is 0. The number of aldehydes is 1. The molecular formula is C5H10O2. The van der Waals surface area contributed by atoms with Crippen LogP contribution in [0.3, 0.4) is 0 Å². The van der Waals surface area contributed by atoms with E-state index < -0.39 is 0 Å². The van der Waals surface area contributed by atoms with Gasteiger partial charge < -0.3 is 9.53 Å². The second-order valence-corrected chi connectivity index (χ2v) is 1.55. The lowest BCUT2D eigenvalue weighted by Crippen LogP contribution is -2.03. The van der Waals surface area contributed by atoms with Crippen LogP contribution >= 0.6 is 0 Å². The predicted molar refractivity (Wildman–Crippen MR) is 27.2 cm³/mol. The number of carbonyl (C=O) groups excluding carboxylic acids is 1. The molecule has 0 saturated carbocycles. The van der Waals surface area contributed by atoms with Gasteiger partial charge in [0.1, 0.15) is 12.9 Å². The molecule has 0 aliphatic rings. The van der Waals surface area contributed by atoms with Crippen LogP contribution in [0, 0.1) is 0 Å². The topological polar surface area (TPSA) is 26.3 Å². The van der Waals surface area contributed by atoms with Crippen molar-refractivity contribution in [2.24, 2.45) is 0 Å². The van der Waals surface area contributed by atoms with Gasteiger partial charge in [-0.2, -0.15) is 0 Å². The van der Waals surface area contributed by atoms with Crippen molar-refractivity contribution in [3.05, 3.63) is 0 Å². The third-order valence-corrected chi connectivity index (χ3v) is 0.498. The molecule has 0 atom stereocenters. The van der Waals surface area contributed by atoms with Gasteiger partial charge in [-0.05, 0) is 13.8 Å². The van der Waals surface area contributed by atoms with Gasteiger partial charge in [0.15, 0.2) is 0 Å². The average Bonchev–Trinajstić information content (AvgIpc) is 1.61. The van der Waals surface area contributed by atoms with Crippen molar-refractivity contribution in [3.63, 3.8) is 0 Å². The van der Waals surface area contributed by atoms with E-state index in [1.54, 1.807) is 0 Å². The minimum atomic E-state index is 0.171. The third-order valence-electron chi connectivity index (χ3n) is 0.498. The van der Waals surface area contributed by atoms with E-state index in [0.29, 0.717) is 0 Å². The lowest BCUT2D eigenvalue weighted by molar-refractivity contribution is -0.113. The molecule has 0 rings (SSSR count). The highest BCUT2D eigenvalue weighted by Gasteiger charge is 1.87. The first kappa shape index (κ1) is 6.63. The molecule has 0 radical (unpaired) electrons. The minimum Gasteiger partial charge on any atom is -0.371 e. The van der Waals surface area contributed by atoms with Gasteiger partial charge in [-0.1, -0.05) is 0 Å². The number of carbonyl (C=O) groups is 1. The summed E-state index contributed by atoms with van der Waals surface area (Å²) >= 11 is 0. The van der Waals surface area contributed by atoms with Gasteiger partial charge in [-0.15, -0.1) is 0 Å². The molecule has 2 nitrogen and oxygen atoms in total. The number of hydrogen-bond acceptors (Lipinski definition) is 2. The molecule has 0 heterocycles. The van der Waals surface area contributed by atoms with E-state index in [4.69, 9.17) is 4.74 Å². The summed E-state index contributed by atoms with van der Waals surface area (Å²) in [6, 6.07) is 0. The maximum absolute atomic E-state index is 9.58. The highest BCUT2D eigenvalue weighted by atomic mass is 16.5. The van der Waals surface area contributed by atoms with Gasteiger partial charge in [0, 0.05) is 0 Å². The molecule has 0 fully saturated rings. The molecule has 0 amide bonds. The van der Waals surface area contributed by atoms with Crippen LogP contribution in [-0.4, -0.2) is 19.0 Å². The zero-order valence-corrected chi connectivity index (χ0v) is 4.68. The summed E-state index contributed by atoms with van der Waals surface area (Å²) in [4.78, 5) is 9.58. The zero-order valence-electron chi connectivity index (χ0n) is 4.68. The van der Waals surface area contributed by atoms with Crippen LogP contribution in [-0.2, 0) is 9.53 Å². The molecule has 0 aromatic carbocycles. The first-order valence-electron chi connectivity index (χ1n) is 2.32. The van der Waals surface area contributed by atoms with Gasteiger partial charge in [-0.3, -0.25) is 0 Å².